The van der Waals surface area contributed by atoms with Crippen molar-refractivity contribution in [2.24, 2.45) is 0 Å². The number of rotatable bonds is 5. The quantitative estimate of drug-likeness (QED) is 0.622. The van der Waals surface area contributed by atoms with Gasteiger partial charge in [-0.3, -0.25) is 4.90 Å². The normalized spacial score (nSPS) is 17.4. The van der Waals surface area contributed by atoms with Gasteiger partial charge in [0, 0.05) is 38.7 Å². The van der Waals surface area contributed by atoms with E-state index in [1.54, 1.807) is 7.11 Å². The smallest absolute Gasteiger partial charge is 0.240 e. The average molecular weight is 415 g/mol. The van der Waals surface area contributed by atoms with Crippen molar-refractivity contribution >= 4 is 11.5 Å². The lowest BCUT2D eigenvalue weighted by Crippen LogP contribution is -2.31. The van der Waals surface area contributed by atoms with Crippen LogP contribution in [0.15, 0.2) is 16.7 Å². The highest BCUT2D eigenvalue weighted by Crippen LogP contribution is 2.22. The summed E-state index contributed by atoms with van der Waals surface area (Å²) in [6.07, 6.45) is 0.863. The lowest BCUT2D eigenvalue weighted by molar-refractivity contribution is 0.109. The van der Waals surface area contributed by atoms with Crippen molar-refractivity contribution in [2.45, 2.75) is 52.2 Å². The molecular formula is C20H30N8O2. The molecule has 0 radical (unpaired) electrons. The number of methoxy groups -OCH3 is 1. The summed E-state index contributed by atoms with van der Waals surface area (Å²) in [7, 11) is 1.64. The van der Waals surface area contributed by atoms with Crippen LogP contribution in [-0.2, 0) is 16.7 Å². The Labute approximate surface area is 176 Å². The molecule has 0 saturated carbocycles. The topological polar surface area (TPSA) is 97.7 Å². The van der Waals surface area contributed by atoms with Gasteiger partial charge >= 0.3 is 0 Å². The van der Waals surface area contributed by atoms with Gasteiger partial charge in [0.2, 0.25) is 5.89 Å². The first kappa shape index (κ1) is 20.7. The minimum Gasteiger partial charge on any atom is -0.374 e. The highest BCUT2D eigenvalue weighted by Gasteiger charge is 2.24. The van der Waals surface area contributed by atoms with Crippen molar-refractivity contribution in [3.05, 3.63) is 29.7 Å². The molecule has 1 saturated heterocycles. The highest BCUT2D eigenvalue weighted by atomic mass is 16.5. The van der Waals surface area contributed by atoms with Gasteiger partial charge in [-0.05, 0) is 25.5 Å². The Bertz CT molecular complexity index is 992. The van der Waals surface area contributed by atoms with Gasteiger partial charge < -0.3 is 14.2 Å². The van der Waals surface area contributed by atoms with Gasteiger partial charge in [0.05, 0.1) is 6.54 Å². The van der Waals surface area contributed by atoms with E-state index in [0.717, 1.165) is 49.9 Å². The number of hydrogen-bond donors (Lipinski definition) is 0. The van der Waals surface area contributed by atoms with Crippen LogP contribution in [0.5, 0.6) is 0 Å². The fourth-order valence-electron chi connectivity index (χ4n) is 3.57. The standard InChI is InChI=1S/C20H30N8O2/c1-14(29-5)18-21-17(30-25-18)13-26-9-6-10-27(12-11-26)16-8-7-15-22-23-19(20(2,3)4)28(15)24-16/h7-8,14H,6,9-13H2,1-5H3. The van der Waals surface area contributed by atoms with Gasteiger partial charge in [0.1, 0.15) is 11.9 Å². The lowest BCUT2D eigenvalue weighted by atomic mass is 9.96. The zero-order valence-corrected chi connectivity index (χ0v) is 18.4. The van der Waals surface area contributed by atoms with Crippen LogP contribution in [0.3, 0.4) is 0 Å². The van der Waals surface area contributed by atoms with E-state index in [1.807, 2.05) is 23.6 Å². The molecule has 0 bridgehead atoms. The Morgan fingerprint density at radius 2 is 1.97 bits per heavy atom. The van der Waals surface area contributed by atoms with Crippen molar-refractivity contribution < 1.29 is 9.26 Å². The summed E-state index contributed by atoms with van der Waals surface area (Å²) in [4.78, 5) is 9.11. The fraction of sp³-hybridized carbons (Fsp3) is 0.650. The third-order valence-electron chi connectivity index (χ3n) is 5.39. The molecule has 30 heavy (non-hydrogen) atoms. The fourth-order valence-corrected chi connectivity index (χ4v) is 3.57. The predicted octanol–water partition coefficient (Wildman–Crippen LogP) is 2.22. The van der Waals surface area contributed by atoms with Gasteiger partial charge in [-0.1, -0.05) is 25.9 Å². The Morgan fingerprint density at radius 1 is 1.13 bits per heavy atom. The summed E-state index contributed by atoms with van der Waals surface area (Å²) in [6.45, 7) is 12.6. The van der Waals surface area contributed by atoms with Crippen LogP contribution < -0.4 is 4.90 Å². The van der Waals surface area contributed by atoms with Crippen LogP contribution in [0.25, 0.3) is 5.65 Å². The zero-order valence-electron chi connectivity index (χ0n) is 18.4. The van der Waals surface area contributed by atoms with Crippen molar-refractivity contribution in [1.29, 1.82) is 0 Å². The molecule has 1 aliphatic heterocycles. The van der Waals surface area contributed by atoms with E-state index in [4.69, 9.17) is 14.4 Å². The summed E-state index contributed by atoms with van der Waals surface area (Å²) in [6, 6.07) is 4.02. The molecule has 0 aliphatic carbocycles. The van der Waals surface area contributed by atoms with Gasteiger partial charge in [0.15, 0.2) is 17.3 Å². The van der Waals surface area contributed by atoms with Crippen molar-refractivity contribution in [1.82, 2.24) is 34.9 Å². The van der Waals surface area contributed by atoms with Crippen molar-refractivity contribution in [2.75, 3.05) is 38.2 Å². The minimum atomic E-state index is -0.168. The third kappa shape index (κ3) is 4.29. The first-order chi connectivity index (χ1) is 14.3. The maximum atomic E-state index is 5.40. The molecule has 3 aromatic heterocycles. The first-order valence-corrected chi connectivity index (χ1v) is 10.4. The molecule has 4 rings (SSSR count). The Balaban J connectivity index is 1.44. The van der Waals surface area contributed by atoms with E-state index in [1.165, 1.54) is 0 Å². The lowest BCUT2D eigenvalue weighted by Gasteiger charge is -2.22. The maximum absolute atomic E-state index is 5.40. The molecule has 1 atom stereocenters. The summed E-state index contributed by atoms with van der Waals surface area (Å²) >= 11 is 0. The van der Waals surface area contributed by atoms with E-state index >= 15 is 0 Å². The van der Waals surface area contributed by atoms with Crippen LogP contribution in [-0.4, -0.2) is 68.1 Å². The third-order valence-corrected chi connectivity index (χ3v) is 5.39. The Hall–Kier alpha value is -2.59. The highest BCUT2D eigenvalue weighted by molar-refractivity contribution is 5.46. The number of aromatic nitrogens is 6. The van der Waals surface area contributed by atoms with Crippen LogP contribution in [0, 0.1) is 0 Å². The molecule has 4 heterocycles. The monoisotopic (exact) mass is 414 g/mol. The van der Waals surface area contributed by atoms with Crippen LogP contribution >= 0.6 is 0 Å². The average Bonchev–Trinajstić information content (AvgIpc) is 3.29. The second kappa shape index (κ2) is 8.27. The molecule has 1 fully saturated rings. The van der Waals surface area contributed by atoms with Gasteiger partial charge in [-0.25, -0.2) is 0 Å². The molecule has 162 valence electrons. The number of nitrogens with zero attached hydrogens (tertiary/aromatic N) is 8. The van der Waals surface area contributed by atoms with Crippen LogP contribution in [0.2, 0.25) is 0 Å². The van der Waals surface area contributed by atoms with E-state index in [2.05, 4.69) is 50.9 Å². The van der Waals surface area contributed by atoms with Crippen LogP contribution in [0.4, 0.5) is 5.82 Å². The van der Waals surface area contributed by atoms with Gasteiger partial charge in [-0.15, -0.1) is 15.3 Å². The summed E-state index contributed by atoms with van der Waals surface area (Å²) in [5.41, 5.74) is 0.654. The summed E-state index contributed by atoms with van der Waals surface area (Å²) in [5, 5.41) is 17.5. The number of ether oxygens (including phenoxy) is 1. The van der Waals surface area contributed by atoms with E-state index in [-0.39, 0.29) is 11.5 Å². The molecule has 0 aromatic carbocycles. The number of hydrogen-bond acceptors (Lipinski definition) is 9. The second-order valence-corrected chi connectivity index (χ2v) is 8.78. The van der Waals surface area contributed by atoms with Gasteiger partial charge in [-0.2, -0.15) is 9.50 Å². The van der Waals surface area contributed by atoms with Crippen molar-refractivity contribution in [3.63, 3.8) is 0 Å². The largest absolute Gasteiger partial charge is 0.374 e. The predicted molar refractivity (Wildman–Crippen MR) is 111 cm³/mol. The zero-order chi connectivity index (χ0) is 21.3. The molecule has 3 aromatic rings. The molecule has 10 heteroatoms. The molecular weight excluding hydrogens is 384 g/mol. The number of fused-ring (bicyclic) bond motifs is 1. The number of anilines is 1. The minimum absolute atomic E-state index is 0.121. The van der Waals surface area contributed by atoms with Crippen LogP contribution in [0.1, 0.15) is 57.8 Å². The maximum Gasteiger partial charge on any atom is 0.240 e. The Morgan fingerprint density at radius 3 is 2.73 bits per heavy atom. The molecule has 0 N–H and O–H groups in total. The molecule has 1 aliphatic rings. The summed E-state index contributed by atoms with van der Waals surface area (Å²) in [5.74, 6) is 3.03. The van der Waals surface area contributed by atoms with Gasteiger partial charge in [0.25, 0.3) is 0 Å². The molecule has 0 amide bonds. The van der Waals surface area contributed by atoms with E-state index in [9.17, 15) is 0 Å². The molecule has 0 spiro atoms. The molecule has 10 nitrogen and oxygen atoms in total. The SMILES string of the molecule is COC(C)c1noc(CN2CCCN(c3ccc4nnc(C(C)(C)C)n4n3)CC2)n1. The van der Waals surface area contributed by atoms with E-state index < -0.39 is 0 Å². The molecule has 1 unspecified atom stereocenters. The second-order valence-electron chi connectivity index (χ2n) is 8.78. The summed E-state index contributed by atoms with van der Waals surface area (Å²) < 4.78 is 12.5. The Kier molecular flexibility index (Phi) is 5.70. The first-order valence-electron chi connectivity index (χ1n) is 10.4. The van der Waals surface area contributed by atoms with E-state index in [0.29, 0.717) is 18.3 Å². The van der Waals surface area contributed by atoms with Crippen molar-refractivity contribution in [3.8, 4) is 0 Å².